The summed E-state index contributed by atoms with van der Waals surface area (Å²) in [4.78, 5) is 7.09. The van der Waals surface area contributed by atoms with Crippen LogP contribution in [0.3, 0.4) is 0 Å². The third kappa shape index (κ3) is 3.77. The van der Waals surface area contributed by atoms with Crippen molar-refractivity contribution in [3.8, 4) is 0 Å². The third-order valence-electron chi connectivity index (χ3n) is 4.08. The van der Waals surface area contributed by atoms with E-state index in [-0.39, 0.29) is 17.1 Å². The van der Waals surface area contributed by atoms with Crippen molar-refractivity contribution in [1.82, 2.24) is 9.97 Å². The predicted molar refractivity (Wildman–Crippen MR) is 76.2 cm³/mol. The monoisotopic (exact) mass is 302 g/mol. The molecule has 21 heavy (non-hydrogen) atoms. The topological polar surface area (TPSA) is 49.8 Å². The number of aromatic nitrogens is 2. The molecule has 0 aromatic carbocycles. The Morgan fingerprint density at radius 1 is 1.19 bits per heavy atom. The zero-order valence-corrected chi connectivity index (χ0v) is 12.5. The summed E-state index contributed by atoms with van der Waals surface area (Å²) in [5, 5.41) is 5.85. The molecule has 2 rings (SSSR count). The Hall–Kier alpha value is -1.53. The van der Waals surface area contributed by atoms with Gasteiger partial charge in [-0.2, -0.15) is 13.2 Å². The summed E-state index contributed by atoms with van der Waals surface area (Å²) in [6, 6.07) is 1.52. The fourth-order valence-corrected chi connectivity index (χ4v) is 2.32. The smallest absolute Gasteiger partial charge is 0.370 e. The van der Waals surface area contributed by atoms with Crippen molar-refractivity contribution in [2.24, 2.45) is 11.3 Å². The Balaban J connectivity index is 2.16. The van der Waals surface area contributed by atoms with Crippen LogP contribution in [0.2, 0.25) is 0 Å². The highest BCUT2D eigenvalue weighted by Crippen LogP contribution is 2.51. The van der Waals surface area contributed by atoms with E-state index in [1.165, 1.54) is 6.07 Å². The Kier molecular flexibility index (Phi) is 4.30. The number of halogens is 3. The predicted octanol–water partition coefficient (Wildman–Crippen LogP) is 3.78. The van der Waals surface area contributed by atoms with E-state index in [0.717, 1.165) is 12.8 Å². The van der Waals surface area contributed by atoms with Crippen LogP contribution < -0.4 is 10.6 Å². The maximum atomic E-state index is 12.8. The van der Waals surface area contributed by atoms with E-state index in [9.17, 15) is 13.2 Å². The molecule has 0 amide bonds. The molecule has 1 aliphatic carbocycles. The van der Waals surface area contributed by atoms with Gasteiger partial charge in [-0.15, -0.1) is 0 Å². The number of rotatable bonds is 6. The van der Waals surface area contributed by atoms with Crippen LogP contribution in [0.1, 0.15) is 39.4 Å². The Labute approximate surface area is 122 Å². The molecule has 1 aromatic heterocycles. The number of anilines is 2. The summed E-state index contributed by atoms with van der Waals surface area (Å²) in [5.74, 6) is -0.197. The minimum absolute atomic E-state index is 0.191. The van der Waals surface area contributed by atoms with Gasteiger partial charge < -0.3 is 10.6 Å². The molecule has 1 fully saturated rings. The van der Waals surface area contributed by atoms with Gasteiger partial charge in [-0.25, -0.2) is 9.97 Å². The molecule has 0 atom stereocenters. The van der Waals surface area contributed by atoms with Gasteiger partial charge in [-0.05, 0) is 31.1 Å². The molecule has 2 N–H and O–H groups in total. The van der Waals surface area contributed by atoms with E-state index >= 15 is 0 Å². The van der Waals surface area contributed by atoms with Gasteiger partial charge in [-0.1, -0.05) is 13.8 Å². The molecule has 0 unspecified atom stereocenters. The van der Waals surface area contributed by atoms with Crippen molar-refractivity contribution in [3.63, 3.8) is 0 Å². The molecule has 4 nitrogen and oxygen atoms in total. The van der Waals surface area contributed by atoms with Crippen LogP contribution in [0.15, 0.2) is 6.07 Å². The number of nitrogens with one attached hydrogen (secondary N) is 2. The van der Waals surface area contributed by atoms with Crippen molar-refractivity contribution >= 4 is 11.6 Å². The first kappa shape index (κ1) is 15.9. The highest BCUT2D eigenvalue weighted by molar-refractivity contribution is 5.48. The van der Waals surface area contributed by atoms with E-state index in [1.54, 1.807) is 6.92 Å². The zero-order chi connectivity index (χ0) is 15.7. The molecular weight excluding hydrogens is 281 g/mol. The molecule has 1 aliphatic rings. The lowest BCUT2D eigenvalue weighted by Gasteiger charge is -2.21. The summed E-state index contributed by atoms with van der Waals surface area (Å²) in [6.07, 6.45) is -2.33. The molecule has 0 spiro atoms. The number of alkyl halides is 3. The van der Waals surface area contributed by atoms with Gasteiger partial charge in [0.25, 0.3) is 0 Å². The molecule has 0 saturated heterocycles. The van der Waals surface area contributed by atoms with Crippen LogP contribution in [0.5, 0.6) is 0 Å². The molecule has 1 heterocycles. The van der Waals surface area contributed by atoms with Crippen molar-refractivity contribution < 1.29 is 13.2 Å². The molecule has 0 bridgehead atoms. The van der Waals surface area contributed by atoms with Gasteiger partial charge >= 0.3 is 6.18 Å². The van der Waals surface area contributed by atoms with Crippen molar-refractivity contribution in [1.29, 1.82) is 0 Å². The number of hydrogen-bond donors (Lipinski definition) is 2. The van der Waals surface area contributed by atoms with Gasteiger partial charge in [0.2, 0.25) is 5.82 Å². The van der Waals surface area contributed by atoms with E-state index in [0.29, 0.717) is 19.0 Å². The van der Waals surface area contributed by atoms with E-state index in [2.05, 4.69) is 34.4 Å². The van der Waals surface area contributed by atoms with Crippen molar-refractivity contribution in [2.45, 2.75) is 39.8 Å². The second-order valence-electron chi connectivity index (χ2n) is 5.86. The summed E-state index contributed by atoms with van der Waals surface area (Å²) in [5.41, 5.74) is 0.196. The Morgan fingerprint density at radius 3 is 2.19 bits per heavy atom. The summed E-state index contributed by atoms with van der Waals surface area (Å²) >= 11 is 0. The summed E-state index contributed by atoms with van der Waals surface area (Å²) in [7, 11) is 0. The highest BCUT2D eigenvalue weighted by atomic mass is 19.4. The first-order valence-corrected chi connectivity index (χ1v) is 7.21. The fourth-order valence-electron chi connectivity index (χ4n) is 2.32. The second kappa shape index (κ2) is 5.69. The van der Waals surface area contributed by atoms with Crippen LogP contribution in [0.4, 0.5) is 24.8 Å². The van der Waals surface area contributed by atoms with E-state index in [1.807, 2.05) is 0 Å². The van der Waals surface area contributed by atoms with Gasteiger partial charge in [0, 0.05) is 19.2 Å². The van der Waals surface area contributed by atoms with Gasteiger partial charge in [0.05, 0.1) is 0 Å². The molecule has 0 aliphatic heterocycles. The zero-order valence-electron chi connectivity index (χ0n) is 12.5. The molecule has 1 saturated carbocycles. The van der Waals surface area contributed by atoms with Crippen molar-refractivity contribution in [2.75, 3.05) is 23.7 Å². The molecule has 7 heteroatoms. The van der Waals surface area contributed by atoms with E-state index < -0.39 is 12.0 Å². The standard InChI is InChI=1S/C14H21F3N4/c1-4-18-10-7-11(21-12(20-10)14(15,16)17)19-8-13(5-6-13)9(2)3/h7,9H,4-6,8H2,1-3H3,(H2,18,19,20,21). The molecular formula is C14H21F3N4. The van der Waals surface area contributed by atoms with Crippen molar-refractivity contribution in [3.05, 3.63) is 11.9 Å². The van der Waals surface area contributed by atoms with Crippen LogP contribution in [0.25, 0.3) is 0 Å². The fraction of sp³-hybridized carbons (Fsp3) is 0.714. The second-order valence-corrected chi connectivity index (χ2v) is 5.86. The minimum Gasteiger partial charge on any atom is -0.370 e. The molecule has 1 aromatic rings. The highest BCUT2D eigenvalue weighted by Gasteiger charge is 2.45. The first-order chi connectivity index (χ1) is 9.77. The number of nitrogens with zero attached hydrogens (tertiary/aromatic N) is 2. The third-order valence-corrected chi connectivity index (χ3v) is 4.08. The normalized spacial score (nSPS) is 16.9. The van der Waals surface area contributed by atoms with Gasteiger partial charge in [-0.3, -0.25) is 0 Å². The summed E-state index contributed by atoms with van der Waals surface area (Å²) in [6.45, 7) is 7.23. The average Bonchev–Trinajstić information content (AvgIpc) is 3.17. The minimum atomic E-state index is -4.54. The quantitative estimate of drug-likeness (QED) is 0.839. The number of hydrogen-bond acceptors (Lipinski definition) is 4. The lowest BCUT2D eigenvalue weighted by molar-refractivity contribution is -0.144. The van der Waals surface area contributed by atoms with Crippen LogP contribution in [-0.2, 0) is 6.18 Å². The van der Waals surface area contributed by atoms with Gasteiger partial charge in [0.15, 0.2) is 0 Å². The first-order valence-electron chi connectivity index (χ1n) is 7.21. The van der Waals surface area contributed by atoms with Crippen LogP contribution >= 0.6 is 0 Å². The molecule has 118 valence electrons. The van der Waals surface area contributed by atoms with Crippen LogP contribution in [-0.4, -0.2) is 23.1 Å². The van der Waals surface area contributed by atoms with Crippen LogP contribution in [0, 0.1) is 11.3 Å². The lowest BCUT2D eigenvalue weighted by Crippen LogP contribution is -2.22. The van der Waals surface area contributed by atoms with E-state index in [4.69, 9.17) is 0 Å². The molecule has 0 radical (unpaired) electrons. The SMILES string of the molecule is CCNc1cc(NCC2(C(C)C)CC2)nc(C(F)(F)F)n1. The maximum Gasteiger partial charge on any atom is 0.451 e. The Morgan fingerprint density at radius 2 is 1.76 bits per heavy atom. The summed E-state index contributed by atoms with van der Waals surface area (Å²) < 4.78 is 38.5. The Bertz CT molecular complexity index is 495. The maximum absolute atomic E-state index is 12.8. The lowest BCUT2D eigenvalue weighted by atomic mass is 9.92. The average molecular weight is 302 g/mol. The largest absolute Gasteiger partial charge is 0.451 e. The van der Waals surface area contributed by atoms with Gasteiger partial charge in [0.1, 0.15) is 11.6 Å².